The van der Waals surface area contributed by atoms with Gasteiger partial charge in [-0.2, -0.15) is 0 Å². The van der Waals surface area contributed by atoms with Crippen molar-refractivity contribution in [2.75, 3.05) is 12.4 Å². The minimum absolute atomic E-state index is 0.0918. The number of nitrogens with zero attached hydrogens (tertiary/aromatic N) is 1. The first-order chi connectivity index (χ1) is 12.8. The highest BCUT2D eigenvalue weighted by Crippen LogP contribution is 2.47. The van der Waals surface area contributed by atoms with Crippen LogP contribution < -0.4 is 15.4 Å². The largest absolute Gasteiger partial charge is 0.467 e. The van der Waals surface area contributed by atoms with Gasteiger partial charge in [0.1, 0.15) is 11.7 Å². The second kappa shape index (κ2) is 6.23. The van der Waals surface area contributed by atoms with Crippen LogP contribution in [0.1, 0.15) is 29.7 Å². The lowest BCUT2D eigenvalue weighted by atomic mass is 9.79. The van der Waals surface area contributed by atoms with Crippen LogP contribution in [-0.4, -0.2) is 28.7 Å². The topological polar surface area (TPSA) is 53.6 Å². The summed E-state index contributed by atoms with van der Waals surface area (Å²) in [6.07, 6.45) is 0. The second-order valence-corrected chi connectivity index (χ2v) is 7.85. The van der Waals surface area contributed by atoms with Crippen LogP contribution in [0.25, 0.3) is 0 Å². The molecule has 2 N–H and O–H groups in total. The van der Waals surface area contributed by atoms with Gasteiger partial charge in [-0.05, 0) is 50.7 Å². The van der Waals surface area contributed by atoms with Crippen LogP contribution >= 0.6 is 12.2 Å². The zero-order chi connectivity index (χ0) is 19.3. The number of nitrogens with one attached hydrogen (secondary N) is 2. The minimum Gasteiger partial charge on any atom is -0.467 e. The highest BCUT2D eigenvalue weighted by molar-refractivity contribution is 7.80. The fourth-order valence-corrected chi connectivity index (χ4v) is 4.34. The molecule has 1 fully saturated rings. The van der Waals surface area contributed by atoms with Crippen LogP contribution in [0.2, 0.25) is 0 Å². The van der Waals surface area contributed by atoms with E-state index in [4.69, 9.17) is 17.0 Å². The van der Waals surface area contributed by atoms with Gasteiger partial charge in [0.15, 0.2) is 10.8 Å². The van der Waals surface area contributed by atoms with E-state index in [0.717, 1.165) is 28.1 Å². The number of benzene rings is 2. The molecule has 0 aromatic heterocycles. The molecule has 6 heteroatoms. The van der Waals surface area contributed by atoms with Gasteiger partial charge in [0.05, 0.1) is 6.04 Å². The lowest BCUT2D eigenvalue weighted by molar-refractivity contribution is -0.146. The summed E-state index contributed by atoms with van der Waals surface area (Å²) in [7, 11) is 1.86. The summed E-state index contributed by atoms with van der Waals surface area (Å²) >= 11 is 5.49. The van der Waals surface area contributed by atoms with E-state index in [1.807, 2.05) is 69.1 Å². The van der Waals surface area contributed by atoms with E-state index in [1.54, 1.807) is 0 Å². The van der Waals surface area contributed by atoms with Gasteiger partial charge in [-0.3, -0.25) is 4.79 Å². The summed E-state index contributed by atoms with van der Waals surface area (Å²) in [5.74, 6) is 0.220. The Hall–Kier alpha value is -2.60. The number of thiocarbonyl (C=S) groups is 1. The average Bonchev–Trinajstić information content (AvgIpc) is 2.62. The van der Waals surface area contributed by atoms with E-state index >= 15 is 0 Å². The molecule has 0 spiro atoms. The highest BCUT2D eigenvalue weighted by Gasteiger charge is 2.57. The van der Waals surface area contributed by atoms with Crippen molar-refractivity contribution in [2.24, 2.45) is 5.92 Å². The number of rotatable bonds is 2. The van der Waals surface area contributed by atoms with Crippen molar-refractivity contribution >= 4 is 28.9 Å². The number of amides is 1. The predicted molar refractivity (Wildman–Crippen MR) is 110 cm³/mol. The summed E-state index contributed by atoms with van der Waals surface area (Å²) in [6, 6.07) is 13.6. The molecule has 2 heterocycles. The first-order valence-corrected chi connectivity index (χ1v) is 9.42. The van der Waals surface area contributed by atoms with Gasteiger partial charge >= 0.3 is 0 Å². The summed E-state index contributed by atoms with van der Waals surface area (Å²) in [5, 5.41) is 7.01. The smallest absolute Gasteiger partial charge is 0.236 e. The molecule has 0 unspecified atom stereocenters. The minimum atomic E-state index is -0.871. The van der Waals surface area contributed by atoms with Crippen molar-refractivity contribution < 1.29 is 9.53 Å². The molecule has 2 aliphatic heterocycles. The standard InChI is InChI=1S/C21H23N3O2S/c1-12-9-10-15(13(2)11-12)22-19(25)17-18-14-7-5-6-8-16(14)26-21(17,3)24(4)20(27)23-18/h5-11,17-18H,1-4H3,(H,22,25)(H,23,27)/t17-,18-,21-/m0/s1. The van der Waals surface area contributed by atoms with Crippen molar-refractivity contribution in [3.05, 3.63) is 59.2 Å². The Balaban J connectivity index is 1.74. The number of carbonyl (C=O) groups is 1. The Morgan fingerprint density at radius 1 is 1.26 bits per heavy atom. The fraction of sp³-hybridized carbons (Fsp3) is 0.333. The number of anilines is 1. The summed E-state index contributed by atoms with van der Waals surface area (Å²) < 4.78 is 6.33. The Kier molecular flexibility index (Phi) is 4.11. The number of para-hydroxylation sites is 1. The van der Waals surface area contributed by atoms with Crippen LogP contribution in [-0.2, 0) is 4.79 Å². The van der Waals surface area contributed by atoms with Gasteiger partial charge in [0.2, 0.25) is 5.91 Å². The maximum Gasteiger partial charge on any atom is 0.236 e. The normalized spacial score (nSPS) is 25.9. The monoisotopic (exact) mass is 381 g/mol. The number of carbonyl (C=O) groups excluding carboxylic acids is 1. The summed E-state index contributed by atoms with van der Waals surface area (Å²) in [4.78, 5) is 15.2. The molecule has 140 valence electrons. The molecule has 2 aromatic rings. The third-order valence-corrected chi connectivity index (χ3v) is 6.04. The lowest BCUT2D eigenvalue weighted by Crippen LogP contribution is -2.70. The molecule has 4 rings (SSSR count). The molecule has 2 bridgehead atoms. The summed E-state index contributed by atoms with van der Waals surface area (Å²) in [5.41, 5.74) is 3.09. The van der Waals surface area contributed by atoms with Gasteiger partial charge in [-0.25, -0.2) is 0 Å². The molecular weight excluding hydrogens is 358 g/mol. The Morgan fingerprint density at radius 3 is 2.74 bits per heavy atom. The van der Waals surface area contributed by atoms with Gasteiger partial charge in [0.25, 0.3) is 0 Å². The molecule has 2 aromatic carbocycles. The number of ether oxygens (including phenoxy) is 1. The molecule has 2 aliphatic rings. The van der Waals surface area contributed by atoms with Crippen molar-refractivity contribution in [1.29, 1.82) is 0 Å². The molecular formula is C21H23N3O2S. The number of fused-ring (bicyclic) bond motifs is 4. The quantitative estimate of drug-likeness (QED) is 0.780. The van der Waals surface area contributed by atoms with Crippen molar-refractivity contribution in [3.8, 4) is 5.75 Å². The van der Waals surface area contributed by atoms with Crippen LogP contribution in [0.15, 0.2) is 42.5 Å². The summed E-state index contributed by atoms with van der Waals surface area (Å²) in [6.45, 7) is 5.96. The molecule has 0 radical (unpaired) electrons. The molecule has 1 saturated heterocycles. The zero-order valence-electron chi connectivity index (χ0n) is 15.9. The fourth-order valence-electron chi connectivity index (χ4n) is 4.03. The number of hydrogen-bond acceptors (Lipinski definition) is 3. The van der Waals surface area contributed by atoms with E-state index in [2.05, 4.69) is 16.7 Å². The second-order valence-electron chi connectivity index (χ2n) is 7.47. The highest BCUT2D eigenvalue weighted by atomic mass is 32.1. The predicted octanol–water partition coefficient (Wildman–Crippen LogP) is 3.53. The SMILES string of the molecule is Cc1ccc(NC(=O)[C@@H]2[C@H]3NC(=S)N(C)[C@@]2(C)Oc2ccccc23)c(C)c1. The maximum atomic E-state index is 13.4. The first kappa shape index (κ1) is 17.8. The Morgan fingerprint density at radius 2 is 2.00 bits per heavy atom. The third-order valence-electron chi connectivity index (χ3n) is 5.65. The van der Waals surface area contributed by atoms with Gasteiger partial charge < -0.3 is 20.3 Å². The molecule has 0 saturated carbocycles. The van der Waals surface area contributed by atoms with E-state index in [1.165, 1.54) is 0 Å². The van der Waals surface area contributed by atoms with Crippen molar-refractivity contribution in [2.45, 2.75) is 32.5 Å². The van der Waals surface area contributed by atoms with Crippen molar-refractivity contribution in [3.63, 3.8) is 0 Å². The van der Waals surface area contributed by atoms with Crippen molar-refractivity contribution in [1.82, 2.24) is 10.2 Å². The zero-order valence-corrected chi connectivity index (χ0v) is 16.7. The molecule has 0 aliphatic carbocycles. The van der Waals surface area contributed by atoms with Gasteiger partial charge in [0, 0.05) is 18.3 Å². The third kappa shape index (κ3) is 2.75. The van der Waals surface area contributed by atoms with E-state index in [-0.39, 0.29) is 11.9 Å². The Labute approximate surface area is 164 Å². The lowest BCUT2D eigenvalue weighted by Gasteiger charge is -2.55. The molecule has 5 nitrogen and oxygen atoms in total. The first-order valence-electron chi connectivity index (χ1n) is 9.01. The molecule has 1 amide bonds. The van der Waals surface area contributed by atoms with E-state index in [0.29, 0.717) is 5.11 Å². The van der Waals surface area contributed by atoms with Crippen LogP contribution in [0.4, 0.5) is 5.69 Å². The maximum absolute atomic E-state index is 13.4. The van der Waals surface area contributed by atoms with E-state index in [9.17, 15) is 4.79 Å². The number of aryl methyl sites for hydroxylation is 2. The van der Waals surface area contributed by atoms with Crippen LogP contribution in [0, 0.1) is 19.8 Å². The van der Waals surface area contributed by atoms with Gasteiger partial charge in [-0.1, -0.05) is 35.9 Å². The van der Waals surface area contributed by atoms with Crippen LogP contribution in [0.5, 0.6) is 5.75 Å². The van der Waals surface area contributed by atoms with E-state index < -0.39 is 11.6 Å². The van der Waals surface area contributed by atoms with Gasteiger partial charge in [-0.15, -0.1) is 0 Å². The molecule has 27 heavy (non-hydrogen) atoms. The number of hydrogen-bond donors (Lipinski definition) is 2. The molecule has 3 atom stereocenters. The van der Waals surface area contributed by atoms with Crippen LogP contribution in [0.3, 0.4) is 0 Å². The average molecular weight is 382 g/mol. The Bertz CT molecular complexity index is 945.